The Labute approximate surface area is 176 Å². The number of carbonyl (C=O) groups is 1. The van der Waals surface area contributed by atoms with Crippen LogP contribution in [0, 0.1) is 5.41 Å². The minimum Gasteiger partial charge on any atom is -0.494 e. The van der Waals surface area contributed by atoms with E-state index < -0.39 is 0 Å². The Kier molecular flexibility index (Phi) is 5.42. The number of nitrogens with one attached hydrogen (secondary N) is 1. The number of benzene rings is 1. The van der Waals surface area contributed by atoms with E-state index in [-0.39, 0.29) is 17.2 Å². The number of carbonyl (C=O) groups excluding carboxylic acids is 1. The fourth-order valence-electron chi connectivity index (χ4n) is 4.05. The van der Waals surface area contributed by atoms with E-state index >= 15 is 0 Å². The van der Waals surface area contributed by atoms with Crippen molar-refractivity contribution in [2.45, 2.75) is 58.2 Å². The second-order valence-electron chi connectivity index (χ2n) is 8.37. The standard InChI is InChI=1S/C22H28N4O2S/c1-5-11-28-15-9-7-14(8-10-15)19-18-16(12-22(3,4)13-17(18)27)23-20-24-21(29-6-2)25-26(19)20/h7-10,19H,5-6,11-13H2,1-4H3,(H,23,24,25)/t19-/m1/s1. The molecule has 0 fully saturated rings. The molecule has 154 valence electrons. The van der Waals surface area contributed by atoms with Gasteiger partial charge in [-0.05, 0) is 41.7 Å². The number of hydrogen-bond acceptors (Lipinski definition) is 6. The molecule has 1 atom stereocenters. The summed E-state index contributed by atoms with van der Waals surface area (Å²) in [7, 11) is 0. The van der Waals surface area contributed by atoms with Crippen molar-refractivity contribution >= 4 is 23.5 Å². The molecule has 29 heavy (non-hydrogen) atoms. The molecule has 0 saturated heterocycles. The van der Waals surface area contributed by atoms with Gasteiger partial charge in [-0.3, -0.25) is 4.79 Å². The van der Waals surface area contributed by atoms with Crippen LogP contribution in [0.4, 0.5) is 5.95 Å². The van der Waals surface area contributed by atoms with Gasteiger partial charge in [0.1, 0.15) is 11.8 Å². The second-order valence-corrected chi connectivity index (χ2v) is 9.60. The number of Topliss-reactive ketones (excluding diaryl/α,β-unsaturated/α-hetero) is 1. The fraction of sp³-hybridized carbons (Fsp3) is 0.500. The molecule has 1 aliphatic heterocycles. The molecule has 7 heteroatoms. The van der Waals surface area contributed by atoms with Crippen molar-refractivity contribution in [3.63, 3.8) is 0 Å². The van der Waals surface area contributed by atoms with E-state index in [4.69, 9.17) is 9.84 Å². The highest BCUT2D eigenvalue weighted by Gasteiger charge is 2.41. The lowest BCUT2D eigenvalue weighted by Gasteiger charge is -2.38. The molecule has 2 heterocycles. The van der Waals surface area contributed by atoms with Crippen molar-refractivity contribution in [2.24, 2.45) is 5.41 Å². The van der Waals surface area contributed by atoms with Crippen LogP contribution in [-0.2, 0) is 4.79 Å². The van der Waals surface area contributed by atoms with Crippen LogP contribution in [0.15, 0.2) is 40.7 Å². The highest BCUT2D eigenvalue weighted by molar-refractivity contribution is 7.99. The summed E-state index contributed by atoms with van der Waals surface area (Å²) < 4.78 is 7.60. The Morgan fingerprint density at radius 1 is 1.24 bits per heavy atom. The summed E-state index contributed by atoms with van der Waals surface area (Å²) in [4.78, 5) is 17.9. The molecule has 0 spiro atoms. The topological polar surface area (TPSA) is 69.0 Å². The van der Waals surface area contributed by atoms with Crippen LogP contribution in [0.5, 0.6) is 5.75 Å². The molecule has 6 nitrogen and oxygen atoms in total. The molecule has 4 rings (SSSR count). The minimum absolute atomic E-state index is 0.0610. The highest BCUT2D eigenvalue weighted by atomic mass is 32.2. The number of nitrogens with zero attached hydrogens (tertiary/aromatic N) is 3. The molecule has 0 saturated carbocycles. The van der Waals surface area contributed by atoms with Crippen LogP contribution in [-0.4, -0.2) is 32.9 Å². The highest BCUT2D eigenvalue weighted by Crippen LogP contribution is 2.45. The monoisotopic (exact) mass is 412 g/mol. The minimum atomic E-state index is -0.260. The molecule has 1 aromatic carbocycles. The number of hydrogen-bond donors (Lipinski definition) is 1. The Hall–Kier alpha value is -2.28. The van der Waals surface area contributed by atoms with Gasteiger partial charge in [0.15, 0.2) is 5.78 Å². The summed E-state index contributed by atoms with van der Waals surface area (Å²) in [6.07, 6.45) is 2.34. The summed E-state index contributed by atoms with van der Waals surface area (Å²) >= 11 is 1.60. The van der Waals surface area contributed by atoms with E-state index in [1.807, 2.05) is 28.9 Å². The van der Waals surface area contributed by atoms with Crippen molar-refractivity contribution in [1.82, 2.24) is 14.8 Å². The van der Waals surface area contributed by atoms with Crippen LogP contribution in [0.25, 0.3) is 0 Å². The number of thioether (sulfide) groups is 1. The first-order valence-corrected chi connectivity index (χ1v) is 11.3. The molecular weight excluding hydrogens is 384 g/mol. The summed E-state index contributed by atoms with van der Waals surface area (Å²) in [5.41, 5.74) is 2.76. The fourth-order valence-corrected chi connectivity index (χ4v) is 4.61. The molecule has 2 aromatic rings. The van der Waals surface area contributed by atoms with E-state index in [1.165, 1.54) is 0 Å². The van der Waals surface area contributed by atoms with Gasteiger partial charge in [-0.15, -0.1) is 5.10 Å². The van der Waals surface area contributed by atoms with E-state index in [2.05, 4.69) is 38.0 Å². The molecule has 1 N–H and O–H groups in total. The third kappa shape index (κ3) is 3.92. The lowest BCUT2D eigenvalue weighted by atomic mass is 9.73. The van der Waals surface area contributed by atoms with Gasteiger partial charge in [-0.1, -0.05) is 51.6 Å². The molecule has 0 bridgehead atoms. The second kappa shape index (κ2) is 7.86. The van der Waals surface area contributed by atoms with Crippen molar-refractivity contribution in [3.8, 4) is 5.75 Å². The summed E-state index contributed by atoms with van der Waals surface area (Å²) in [5.74, 6) is 2.64. The molecule has 0 amide bonds. The van der Waals surface area contributed by atoms with Crippen LogP contribution >= 0.6 is 11.8 Å². The lowest BCUT2D eigenvalue weighted by Crippen LogP contribution is -2.36. The van der Waals surface area contributed by atoms with E-state index in [0.29, 0.717) is 19.0 Å². The predicted octanol–water partition coefficient (Wildman–Crippen LogP) is 4.84. The van der Waals surface area contributed by atoms with Crippen LogP contribution in [0.1, 0.15) is 58.6 Å². The average Bonchev–Trinajstić information content (AvgIpc) is 3.06. The lowest BCUT2D eigenvalue weighted by molar-refractivity contribution is -0.118. The summed E-state index contributed by atoms with van der Waals surface area (Å²) in [6.45, 7) is 9.15. The largest absolute Gasteiger partial charge is 0.494 e. The van der Waals surface area contributed by atoms with E-state index in [9.17, 15) is 4.79 Å². The summed E-state index contributed by atoms with van der Waals surface area (Å²) in [6, 6.07) is 7.77. The van der Waals surface area contributed by atoms with Crippen LogP contribution in [0.3, 0.4) is 0 Å². The Morgan fingerprint density at radius 2 is 2.00 bits per heavy atom. The predicted molar refractivity (Wildman–Crippen MR) is 115 cm³/mol. The number of rotatable bonds is 6. The van der Waals surface area contributed by atoms with Gasteiger partial charge in [-0.25, -0.2) is 4.68 Å². The molecule has 1 aromatic heterocycles. The van der Waals surface area contributed by atoms with Crippen molar-refractivity contribution in [2.75, 3.05) is 17.7 Å². The van der Waals surface area contributed by atoms with E-state index in [1.54, 1.807) is 11.8 Å². The zero-order valence-electron chi connectivity index (χ0n) is 17.5. The average molecular weight is 413 g/mol. The SMILES string of the molecule is CCCOc1ccc([C@@H]2C3=C(CC(C)(C)CC3=O)Nc3nc(SCC)nn32)cc1. The smallest absolute Gasteiger partial charge is 0.227 e. The number of ether oxygens (including phenoxy) is 1. The number of ketones is 1. The third-order valence-corrected chi connectivity index (χ3v) is 5.97. The van der Waals surface area contributed by atoms with Crippen molar-refractivity contribution in [1.29, 1.82) is 0 Å². The number of allylic oxidation sites excluding steroid dienone is 2. The molecule has 0 radical (unpaired) electrons. The first kappa shape index (κ1) is 20.0. The molecule has 0 unspecified atom stereocenters. The van der Waals surface area contributed by atoms with Crippen LogP contribution in [0.2, 0.25) is 0 Å². The normalized spacial score (nSPS) is 20.1. The Bertz CT molecular complexity index is 946. The van der Waals surface area contributed by atoms with Gasteiger partial charge >= 0.3 is 0 Å². The van der Waals surface area contributed by atoms with E-state index in [0.717, 1.165) is 46.3 Å². The zero-order valence-corrected chi connectivity index (χ0v) is 18.3. The molecule has 1 aliphatic carbocycles. The zero-order chi connectivity index (χ0) is 20.6. The van der Waals surface area contributed by atoms with Crippen LogP contribution < -0.4 is 10.1 Å². The third-order valence-electron chi connectivity index (χ3n) is 5.25. The van der Waals surface area contributed by atoms with Crippen molar-refractivity contribution in [3.05, 3.63) is 41.1 Å². The summed E-state index contributed by atoms with van der Waals surface area (Å²) in [5, 5.41) is 8.86. The van der Waals surface area contributed by atoms with Gasteiger partial charge in [0.2, 0.25) is 11.1 Å². The number of anilines is 1. The van der Waals surface area contributed by atoms with Gasteiger partial charge in [0.25, 0.3) is 0 Å². The maximum atomic E-state index is 13.2. The molecule has 2 aliphatic rings. The van der Waals surface area contributed by atoms with Gasteiger partial charge in [-0.2, -0.15) is 4.98 Å². The van der Waals surface area contributed by atoms with Gasteiger partial charge < -0.3 is 10.1 Å². The number of aromatic nitrogens is 3. The van der Waals surface area contributed by atoms with Gasteiger partial charge in [0.05, 0.1) is 6.61 Å². The number of fused-ring (bicyclic) bond motifs is 1. The quantitative estimate of drug-likeness (QED) is 0.685. The van der Waals surface area contributed by atoms with Crippen molar-refractivity contribution < 1.29 is 9.53 Å². The first-order valence-electron chi connectivity index (χ1n) is 10.3. The maximum absolute atomic E-state index is 13.2. The maximum Gasteiger partial charge on any atom is 0.227 e. The van der Waals surface area contributed by atoms with Gasteiger partial charge in [0, 0.05) is 17.7 Å². The Balaban J connectivity index is 1.78. The first-order chi connectivity index (χ1) is 13.9. The Morgan fingerprint density at radius 3 is 2.69 bits per heavy atom. The molecular formula is C22H28N4O2S.